The molecule has 0 aromatic heterocycles. The van der Waals surface area contributed by atoms with E-state index in [1.807, 2.05) is 33.8 Å². The molecule has 1 N–H and O–H groups in total. The van der Waals surface area contributed by atoms with Gasteiger partial charge in [0.1, 0.15) is 12.6 Å². The van der Waals surface area contributed by atoms with Crippen molar-refractivity contribution in [3.05, 3.63) is 93.0 Å². The predicted octanol–water partition coefficient (Wildman–Crippen LogP) is 6.84. The van der Waals surface area contributed by atoms with E-state index in [1.54, 1.807) is 56.3 Å². The predicted molar refractivity (Wildman–Crippen MR) is 171 cm³/mol. The van der Waals surface area contributed by atoms with Crippen LogP contribution in [0.4, 0.5) is 5.69 Å². The minimum Gasteiger partial charge on any atom is -0.352 e. The fraction of sp³-hybridized carbons (Fsp3) is 0.375. The zero-order valence-electron chi connectivity index (χ0n) is 24.9. The Kier molecular flexibility index (Phi) is 11.5. The van der Waals surface area contributed by atoms with Crippen molar-refractivity contribution in [3.63, 3.8) is 0 Å². The van der Waals surface area contributed by atoms with Gasteiger partial charge in [-0.05, 0) is 76.4 Å². The second-order valence-electron chi connectivity index (χ2n) is 10.6. The number of sulfonamides is 1. The Labute approximate surface area is 259 Å². The molecule has 3 rings (SSSR count). The molecule has 3 aromatic carbocycles. The van der Waals surface area contributed by atoms with Crippen molar-refractivity contribution >= 4 is 50.7 Å². The number of halogens is 2. The van der Waals surface area contributed by atoms with Gasteiger partial charge in [0, 0.05) is 28.2 Å². The Balaban J connectivity index is 2.13. The maximum Gasteiger partial charge on any atom is 0.264 e. The average Bonchev–Trinajstić information content (AvgIpc) is 2.93. The van der Waals surface area contributed by atoms with E-state index >= 15 is 0 Å². The third-order valence-electron chi connectivity index (χ3n) is 7.29. The number of benzene rings is 3. The summed E-state index contributed by atoms with van der Waals surface area (Å²) in [7, 11) is -4.17. The van der Waals surface area contributed by atoms with Gasteiger partial charge in [0.15, 0.2) is 0 Å². The minimum absolute atomic E-state index is 0.0585. The summed E-state index contributed by atoms with van der Waals surface area (Å²) < 4.78 is 29.3. The molecule has 0 aliphatic heterocycles. The molecule has 0 aliphatic rings. The van der Waals surface area contributed by atoms with E-state index in [4.69, 9.17) is 23.2 Å². The van der Waals surface area contributed by atoms with Crippen molar-refractivity contribution in [2.75, 3.05) is 10.8 Å². The summed E-state index contributed by atoms with van der Waals surface area (Å²) in [4.78, 5) is 29.2. The molecule has 0 fully saturated rings. The molecule has 0 aliphatic carbocycles. The molecule has 2 atom stereocenters. The van der Waals surface area contributed by atoms with Crippen LogP contribution in [0.3, 0.4) is 0 Å². The molecule has 0 heterocycles. The number of rotatable bonds is 12. The van der Waals surface area contributed by atoms with Crippen molar-refractivity contribution < 1.29 is 18.0 Å². The molecule has 0 unspecified atom stereocenters. The average molecular weight is 633 g/mol. The van der Waals surface area contributed by atoms with Crippen LogP contribution in [0.25, 0.3) is 0 Å². The van der Waals surface area contributed by atoms with E-state index in [0.717, 1.165) is 15.4 Å². The summed E-state index contributed by atoms with van der Waals surface area (Å²) >= 11 is 13.0. The molecular weight excluding hydrogens is 593 g/mol. The Morgan fingerprint density at radius 3 is 2.02 bits per heavy atom. The molecule has 0 bridgehead atoms. The smallest absolute Gasteiger partial charge is 0.264 e. The molecule has 0 spiro atoms. The molecule has 7 nitrogen and oxygen atoms in total. The van der Waals surface area contributed by atoms with Crippen LogP contribution in [0.5, 0.6) is 0 Å². The summed E-state index contributed by atoms with van der Waals surface area (Å²) in [5, 5.41) is 3.65. The summed E-state index contributed by atoms with van der Waals surface area (Å²) in [6.45, 7) is 10.6. The first kappa shape index (κ1) is 33.4. The van der Waals surface area contributed by atoms with Crippen molar-refractivity contribution in [2.24, 2.45) is 0 Å². The monoisotopic (exact) mass is 631 g/mol. The first-order valence-electron chi connectivity index (χ1n) is 14.0. The first-order valence-corrected chi connectivity index (χ1v) is 16.2. The standard InChI is InChI=1S/C32H39Cl2N3O4S/c1-7-24(6)35-32(39)29(8-2)36(19-26-27(33)10-9-11-28(26)34)31(38)20-37(30-17-14-22(4)18-23(30)5)42(40,41)25-15-12-21(3)13-16-25/h9-18,24,29H,7-8,19-20H2,1-6H3,(H,35,39)/t24-,29+/m1/s1. The molecule has 2 amide bonds. The number of nitrogens with one attached hydrogen (secondary N) is 1. The van der Waals surface area contributed by atoms with Gasteiger partial charge in [-0.1, -0.05) is 78.5 Å². The maximum absolute atomic E-state index is 14.3. The number of nitrogens with zero attached hydrogens (tertiary/aromatic N) is 2. The summed E-state index contributed by atoms with van der Waals surface area (Å²) in [5.74, 6) is -0.893. The van der Waals surface area contributed by atoms with Crippen LogP contribution in [0, 0.1) is 20.8 Å². The largest absolute Gasteiger partial charge is 0.352 e. The second kappa shape index (κ2) is 14.4. The Bertz CT molecular complexity index is 1510. The summed E-state index contributed by atoms with van der Waals surface area (Å²) in [5.41, 5.74) is 3.41. The van der Waals surface area contributed by atoms with Crippen molar-refractivity contribution in [1.29, 1.82) is 0 Å². The maximum atomic E-state index is 14.3. The van der Waals surface area contributed by atoms with Gasteiger partial charge >= 0.3 is 0 Å². The highest BCUT2D eigenvalue weighted by Gasteiger charge is 2.35. The zero-order chi connectivity index (χ0) is 31.2. The lowest BCUT2D eigenvalue weighted by molar-refractivity contribution is -0.140. The normalized spacial score (nSPS) is 12.9. The molecular formula is C32H39Cl2N3O4S. The highest BCUT2D eigenvalue weighted by atomic mass is 35.5. The van der Waals surface area contributed by atoms with Crippen molar-refractivity contribution in [1.82, 2.24) is 10.2 Å². The topological polar surface area (TPSA) is 86.8 Å². The molecule has 0 radical (unpaired) electrons. The lowest BCUT2D eigenvalue weighted by Crippen LogP contribution is -2.53. The fourth-order valence-electron chi connectivity index (χ4n) is 4.65. The van der Waals surface area contributed by atoms with Crippen LogP contribution in [0.15, 0.2) is 65.6 Å². The Morgan fingerprint density at radius 2 is 1.48 bits per heavy atom. The van der Waals surface area contributed by atoms with E-state index in [0.29, 0.717) is 39.7 Å². The van der Waals surface area contributed by atoms with Gasteiger partial charge in [0.25, 0.3) is 10.0 Å². The van der Waals surface area contributed by atoms with Gasteiger partial charge < -0.3 is 10.2 Å². The van der Waals surface area contributed by atoms with Gasteiger partial charge in [-0.15, -0.1) is 0 Å². The highest BCUT2D eigenvalue weighted by Crippen LogP contribution is 2.30. The number of aryl methyl sites for hydroxylation is 3. The van der Waals surface area contributed by atoms with Crippen molar-refractivity contribution in [2.45, 2.75) is 77.9 Å². The summed E-state index contributed by atoms with van der Waals surface area (Å²) in [6.07, 6.45) is 1.01. The van der Waals surface area contributed by atoms with Gasteiger partial charge in [0.05, 0.1) is 10.6 Å². The van der Waals surface area contributed by atoms with Crippen LogP contribution >= 0.6 is 23.2 Å². The van der Waals surface area contributed by atoms with E-state index in [-0.39, 0.29) is 23.4 Å². The molecule has 10 heteroatoms. The number of hydrogen-bond acceptors (Lipinski definition) is 4. The van der Waals surface area contributed by atoms with Gasteiger partial charge in [-0.2, -0.15) is 0 Å². The number of anilines is 1. The number of amides is 2. The van der Waals surface area contributed by atoms with E-state index < -0.39 is 28.5 Å². The first-order chi connectivity index (χ1) is 19.8. The number of carbonyl (C=O) groups excluding carboxylic acids is 2. The van der Waals surface area contributed by atoms with Crippen molar-refractivity contribution in [3.8, 4) is 0 Å². The quantitative estimate of drug-likeness (QED) is 0.237. The van der Waals surface area contributed by atoms with Gasteiger partial charge in [0.2, 0.25) is 11.8 Å². The van der Waals surface area contributed by atoms with E-state index in [1.165, 1.54) is 17.0 Å². The molecule has 42 heavy (non-hydrogen) atoms. The molecule has 0 saturated carbocycles. The Hall–Kier alpha value is -3.07. The van der Waals surface area contributed by atoms with Crippen LogP contribution in [-0.4, -0.2) is 43.8 Å². The summed E-state index contributed by atoms with van der Waals surface area (Å²) in [6, 6.07) is 15.9. The lowest BCUT2D eigenvalue weighted by Gasteiger charge is -2.34. The fourth-order valence-corrected chi connectivity index (χ4v) is 6.65. The van der Waals surface area contributed by atoms with Crippen LogP contribution in [0.1, 0.15) is 55.9 Å². The van der Waals surface area contributed by atoms with E-state index in [2.05, 4.69) is 5.32 Å². The molecule has 0 saturated heterocycles. The minimum atomic E-state index is -4.17. The number of carbonyl (C=O) groups is 2. The van der Waals surface area contributed by atoms with Crippen LogP contribution in [0.2, 0.25) is 10.0 Å². The number of hydrogen-bond donors (Lipinski definition) is 1. The highest BCUT2D eigenvalue weighted by molar-refractivity contribution is 7.92. The zero-order valence-corrected chi connectivity index (χ0v) is 27.3. The van der Waals surface area contributed by atoms with Crippen LogP contribution < -0.4 is 9.62 Å². The van der Waals surface area contributed by atoms with Gasteiger partial charge in [-0.25, -0.2) is 8.42 Å². The SMILES string of the molecule is CC[C@@H](C)NC(=O)[C@H](CC)N(Cc1c(Cl)cccc1Cl)C(=O)CN(c1ccc(C)cc1C)S(=O)(=O)c1ccc(C)cc1. The van der Waals surface area contributed by atoms with E-state index in [9.17, 15) is 18.0 Å². The third-order valence-corrected chi connectivity index (χ3v) is 9.77. The molecule has 226 valence electrons. The Morgan fingerprint density at radius 1 is 0.881 bits per heavy atom. The lowest BCUT2D eigenvalue weighted by atomic mass is 10.1. The second-order valence-corrected chi connectivity index (χ2v) is 13.3. The van der Waals surface area contributed by atoms with Crippen LogP contribution in [-0.2, 0) is 26.2 Å². The van der Waals surface area contributed by atoms with Gasteiger partial charge in [-0.3, -0.25) is 13.9 Å². The third kappa shape index (κ3) is 7.85. The molecule has 3 aromatic rings.